The molecule has 0 aliphatic rings. The van der Waals surface area contributed by atoms with Gasteiger partial charge in [0.1, 0.15) is 5.75 Å². The van der Waals surface area contributed by atoms with Crippen LogP contribution < -0.4 is 4.74 Å². The van der Waals surface area contributed by atoms with Gasteiger partial charge in [0, 0.05) is 22.8 Å². The molecule has 0 aliphatic carbocycles. The molecule has 0 spiro atoms. The zero-order valence-electron chi connectivity index (χ0n) is 9.53. The van der Waals surface area contributed by atoms with Gasteiger partial charge in [-0.1, -0.05) is 5.21 Å². The average Bonchev–Trinajstić information content (AvgIpc) is 2.78. The molecular weight excluding hydrogens is 385 g/mol. The lowest BCUT2D eigenvalue weighted by atomic mass is 10.3. The summed E-state index contributed by atoms with van der Waals surface area (Å²) in [4.78, 5) is 0. The van der Waals surface area contributed by atoms with Crippen LogP contribution in [0.2, 0.25) is 0 Å². The van der Waals surface area contributed by atoms with Crippen LogP contribution in [0.1, 0.15) is 5.69 Å². The Hall–Kier alpha value is -0.590. The van der Waals surface area contributed by atoms with E-state index < -0.39 is 0 Å². The van der Waals surface area contributed by atoms with Crippen molar-refractivity contribution in [2.45, 2.75) is 6.42 Å². The molecule has 0 amide bonds. The molecule has 0 fully saturated rings. The lowest BCUT2D eigenvalue weighted by Crippen LogP contribution is -1.98. The van der Waals surface area contributed by atoms with E-state index in [2.05, 4.69) is 42.2 Å². The molecule has 18 heavy (non-hydrogen) atoms. The number of halogens is 3. The first kappa shape index (κ1) is 13.8. The normalized spacial score (nSPS) is 10.7. The summed E-state index contributed by atoms with van der Waals surface area (Å²) in [7, 11) is 1.62. The van der Waals surface area contributed by atoms with Crippen molar-refractivity contribution in [3.63, 3.8) is 0 Å². The van der Waals surface area contributed by atoms with E-state index in [1.54, 1.807) is 11.8 Å². The third kappa shape index (κ3) is 2.87. The Labute approximate surface area is 127 Å². The Morgan fingerprint density at radius 3 is 2.78 bits per heavy atom. The first-order valence-electron chi connectivity index (χ1n) is 5.16. The van der Waals surface area contributed by atoms with Crippen molar-refractivity contribution in [3.05, 3.63) is 33.0 Å². The van der Waals surface area contributed by atoms with Crippen LogP contribution in [0.25, 0.3) is 5.69 Å². The van der Waals surface area contributed by atoms with E-state index in [0.29, 0.717) is 12.3 Å². The number of benzene rings is 1. The van der Waals surface area contributed by atoms with Crippen molar-refractivity contribution in [3.8, 4) is 11.4 Å². The summed E-state index contributed by atoms with van der Waals surface area (Å²) < 4.78 is 8.74. The molecule has 0 N–H and O–H groups in total. The predicted molar refractivity (Wildman–Crippen MR) is 77.7 cm³/mol. The average molecular weight is 395 g/mol. The van der Waals surface area contributed by atoms with E-state index in [0.717, 1.165) is 26.1 Å². The number of rotatable bonds is 4. The summed E-state index contributed by atoms with van der Waals surface area (Å²) >= 11 is 12.6. The van der Waals surface area contributed by atoms with Crippen LogP contribution in [0, 0.1) is 0 Å². The van der Waals surface area contributed by atoms with Crippen LogP contribution in [0.5, 0.6) is 5.75 Å². The van der Waals surface area contributed by atoms with Crippen molar-refractivity contribution < 1.29 is 4.74 Å². The number of aromatic nitrogens is 3. The van der Waals surface area contributed by atoms with E-state index in [1.165, 1.54) is 0 Å². The number of ether oxygens (including phenoxy) is 1. The van der Waals surface area contributed by atoms with Crippen molar-refractivity contribution in [2.24, 2.45) is 0 Å². The molecule has 0 bridgehead atoms. The minimum Gasteiger partial charge on any atom is -0.495 e. The number of aryl methyl sites for hydroxylation is 1. The van der Waals surface area contributed by atoms with E-state index in [1.807, 2.05) is 18.3 Å². The highest BCUT2D eigenvalue weighted by atomic mass is 79.9. The molecule has 96 valence electrons. The van der Waals surface area contributed by atoms with Crippen LogP contribution in [-0.2, 0) is 6.42 Å². The second-order valence-electron chi connectivity index (χ2n) is 3.53. The molecule has 0 aliphatic heterocycles. The Bertz CT molecular complexity index is 559. The van der Waals surface area contributed by atoms with Crippen molar-refractivity contribution in [1.82, 2.24) is 15.0 Å². The molecule has 7 heteroatoms. The quantitative estimate of drug-likeness (QED) is 0.743. The highest BCUT2D eigenvalue weighted by Gasteiger charge is 2.10. The van der Waals surface area contributed by atoms with Gasteiger partial charge in [-0.25, -0.2) is 4.68 Å². The van der Waals surface area contributed by atoms with Gasteiger partial charge in [0.05, 0.1) is 29.2 Å². The molecule has 0 unspecified atom stereocenters. The second-order valence-corrected chi connectivity index (χ2v) is 5.62. The van der Waals surface area contributed by atoms with E-state index in [-0.39, 0.29) is 0 Å². The van der Waals surface area contributed by atoms with Gasteiger partial charge in [-0.05, 0) is 37.9 Å². The first-order valence-corrected chi connectivity index (χ1v) is 7.28. The maximum absolute atomic E-state index is 5.68. The summed E-state index contributed by atoms with van der Waals surface area (Å²) in [6, 6.07) is 3.80. The van der Waals surface area contributed by atoms with Crippen LogP contribution in [0.3, 0.4) is 0 Å². The van der Waals surface area contributed by atoms with E-state index >= 15 is 0 Å². The van der Waals surface area contributed by atoms with Crippen LogP contribution in [-0.4, -0.2) is 28.0 Å². The standard InChI is InChI=1S/C11H10Br2ClN3O/c1-18-11-5-10(8(12)4-9(11)13)17-6-7(2-3-14)15-16-17/h4-6H,2-3H2,1H3. The lowest BCUT2D eigenvalue weighted by Gasteiger charge is -2.08. The van der Waals surface area contributed by atoms with Gasteiger partial charge in [-0.3, -0.25) is 0 Å². The molecule has 0 saturated carbocycles. The van der Waals surface area contributed by atoms with Gasteiger partial charge in [-0.15, -0.1) is 16.7 Å². The van der Waals surface area contributed by atoms with E-state index in [4.69, 9.17) is 16.3 Å². The molecule has 0 atom stereocenters. The summed E-state index contributed by atoms with van der Waals surface area (Å²) in [6.07, 6.45) is 2.56. The number of alkyl halides is 1. The van der Waals surface area contributed by atoms with E-state index in [9.17, 15) is 0 Å². The monoisotopic (exact) mass is 393 g/mol. The van der Waals surface area contributed by atoms with Gasteiger partial charge >= 0.3 is 0 Å². The maximum atomic E-state index is 5.68. The molecule has 2 aromatic rings. The summed E-state index contributed by atoms with van der Waals surface area (Å²) in [5.74, 6) is 1.27. The van der Waals surface area contributed by atoms with Crippen molar-refractivity contribution in [1.29, 1.82) is 0 Å². The predicted octanol–water partition coefficient (Wildman–Crippen LogP) is 3.58. The number of methoxy groups -OCH3 is 1. The Kier molecular flexibility index (Phi) is 4.64. The SMILES string of the molecule is COc1cc(-n2cc(CCCl)nn2)c(Br)cc1Br. The summed E-state index contributed by atoms with van der Waals surface area (Å²) in [6.45, 7) is 0. The van der Waals surface area contributed by atoms with Crippen LogP contribution in [0.4, 0.5) is 0 Å². The molecule has 1 heterocycles. The maximum Gasteiger partial charge on any atom is 0.135 e. The zero-order chi connectivity index (χ0) is 13.1. The lowest BCUT2D eigenvalue weighted by molar-refractivity contribution is 0.411. The molecule has 1 aromatic heterocycles. The Balaban J connectivity index is 2.42. The van der Waals surface area contributed by atoms with Crippen molar-refractivity contribution in [2.75, 3.05) is 13.0 Å². The number of hydrogen-bond acceptors (Lipinski definition) is 3. The highest BCUT2D eigenvalue weighted by molar-refractivity contribution is 9.11. The van der Waals surface area contributed by atoms with Gasteiger partial charge in [0.2, 0.25) is 0 Å². The minimum absolute atomic E-state index is 0.531. The zero-order valence-corrected chi connectivity index (χ0v) is 13.5. The number of nitrogens with zero attached hydrogens (tertiary/aromatic N) is 3. The molecule has 0 radical (unpaired) electrons. The van der Waals surface area contributed by atoms with Gasteiger partial charge in [0.15, 0.2) is 0 Å². The molecule has 2 rings (SSSR count). The molecule has 1 aromatic carbocycles. The molecular formula is C11H10Br2ClN3O. The third-order valence-electron chi connectivity index (χ3n) is 2.36. The molecule has 0 saturated heterocycles. The smallest absolute Gasteiger partial charge is 0.135 e. The second kappa shape index (κ2) is 6.04. The molecule has 4 nitrogen and oxygen atoms in total. The summed E-state index contributed by atoms with van der Waals surface area (Å²) in [5, 5.41) is 8.13. The van der Waals surface area contributed by atoms with Gasteiger partial charge < -0.3 is 4.74 Å². The third-order valence-corrected chi connectivity index (χ3v) is 3.80. The van der Waals surface area contributed by atoms with Gasteiger partial charge in [0.25, 0.3) is 0 Å². The van der Waals surface area contributed by atoms with Crippen LogP contribution in [0.15, 0.2) is 27.3 Å². The van der Waals surface area contributed by atoms with Crippen molar-refractivity contribution >= 4 is 43.5 Å². The number of hydrogen-bond donors (Lipinski definition) is 0. The topological polar surface area (TPSA) is 39.9 Å². The highest BCUT2D eigenvalue weighted by Crippen LogP contribution is 2.33. The Morgan fingerprint density at radius 2 is 2.11 bits per heavy atom. The minimum atomic E-state index is 0.531. The summed E-state index contributed by atoms with van der Waals surface area (Å²) in [5.41, 5.74) is 1.72. The largest absolute Gasteiger partial charge is 0.495 e. The fourth-order valence-electron chi connectivity index (χ4n) is 1.48. The Morgan fingerprint density at radius 1 is 1.33 bits per heavy atom. The first-order chi connectivity index (χ1) is 8.65. The van der Waals surface area contributed by atoms with Crippen LogP contribution >= 0.6 is 43.5 Å². The fraction of sp³-hybridized carbons (Fsp3) is 0.273. The van der Waals surface area contributed by atoms with Gasteiger partial charge in [-0.2, -0.15) is 0 Å². The fourth-order valence-corrected chi connectivity index (χ4v) is 3.01.